The van der Waals surface area contributed by atoms with E-state index in [1.165, 1.54) is 27.8 Å². The van der Waals surface area contributed by atoms with Crippen LogP contribution in [0.5, 0.6) is 0 Å². The van der Waals surface area contributed by atoms with Crippen molar-refractivity contribution in [2.24, 2.45) is 5.73 Å². The van der Waals surface area contributed by atoms with E-state index in [-0.39, 0.29) is 0 Å². The molecule has 0 radical (unpaired) electrons. The van der Waals surface area contributed by atoms with Crippen LogP contribution in [-0.2, 0) is 13.1 Å². The van der Waals surface area contributed by atoms with Gasteiger partial charge in [-0.3, -0.25) is 4.79 Å². The van der Waals surface area contributed by atoms with Crippen LogP contribution in [0.2, 0.25) is 0 Å². The molecule has 10 heteroatoms. The topological polar surface area (TPSA) is 57.3 Å². The van der Waals surface area contributed by atoms with Gasteiger partial charge in [-0.2, -0.15) is 0 Å². The van der Waals surface area contributed by atoms with Crippen molar-refractivity contribution in [1.82, 2.24) is 9.13 Å². The normalized spacial score (nSPS) is 10.5. The number of fused-ring (bicyclic) bond motifs is 6. The van der Waals surface area contributed by atoms with Gasteiger partial charge in [0.15, 0.2) is 5.69 Å². The molecule has 1 amide bonds. The number of aromatic nitrogens is 2. The van der Waals surface area contributed by atoms with Gasteiger partial charge in [-0.15, -0.1) is 0 Å². The molecular formula is C40H30I5N4O-. The molecule has 2 aliphatic carbocycles. The number of primary amides is 1. The summed E-state index contributed by atoms with van der Waals surface area (Å²) in [6, 6.07) is 45.1. The van der Waals surface area contributed by atoms with Crippen LogP contribution in [-0.4, -0.2) is 15.0 Å². The number of hydrogen-bond donors (Lipinski definition) is 1. The molecule has 0 bridgehead atoms. The second kappa shape index (κ2) is 19.4. The Morgan fingerprint density at radius 2 is 1.10 bits per heavy atom. The van der Waals surface area contributed by atoms with Crippen LogP contribution in [0.4, 0.5) is 5.69 Å². The first-order valence-electron chi connectivity index (χ1n) is 15.3. The Labute approximate surface area is 345 Å². The zero-order chi connectivity index (χ0) is 35.5. The van der Waals surface area contributed by atoms with Crippen LogP contribution in [0.1, 0.15) is 21.5 Å². The number of rotatable bonds is 5. The van der Waals surface area contributed by atoms with Gasteiger partial charge < -0.3 is 14.9 Å². The summed E-state index contributed by atoms with van der Waals surface area (Å²) in [7, 11) is 0. The molecule has 2 N–H and O–H groups in total. The van der Waals surface area contributed by atoms with Crippen molar-refractivity contribution in [3.8, 4) is 22.5 Å². The summed E-state index contributed by atoms with van der Waals surface area (Å²) in [5, 5.41) is 4.54. The van der Waals surface area contributed by atoms with Gasteiger partial charge in [-0.05, 0) is 75.1 Å². The summed E-state index contributed by atoms with van der Waals surface area (Å²) in [6.07, 6.45) is 4.20. The van der Waals surface area contributed by atoms with Gasteiger partial charge >= 0.3 is 50.5 Å². The first kappa shape index (κ1) is 38.8. The fourth-order valence-corrected chi connectivity index (χ4v) is 6.08. The van der Waals surface area contributed by atoms with Gasteiger partial charge in [0.2, 0.25) is 5.91 Å². The molecule has 4 aliphatic rings. The van der Waals surface area contributed by atoms with Crippen LogP contribution < -0.4 is 19.0 Å². The molecule has 2 aliphatic heterocycles. The Hall–Kier alpha value is -2.47. The number of halogens is 5. The largest absolute Gasteiger partial charge is 0.366 e. The van der Waals surface area contributed by atoms with E-state index in [0.717, 1.165) is 40.5 Å². The summed E-state index contributed by atoms with van der Waals surface area (Å²) >= 11 is 9.54. The number of pyridine rings is 2. The van der Waals surface area contributed by atoms with E-state index in [9.17, 15) is 4.79 Å². The number of benzene rings is 4. The third kappa shape index (κ3) is 9.49. The van der Waals surface area contributed by atoms with Crippen LogP contribution in [0.3, 0.4) is 0 Å². The number of nitrogens with zero attached hydrogens (tertiary/aromatic N) is 3. The Morgan fingerprint density at radius 1 is 0.640 bits per heavy atom. The van der Waals surface area contributed by atoms with Crippen molar-refractivity contribution in [3.05, 3.63) is 174 Å². The third-order valence-corrected chi connectivity index (χ3v) is 8.29. The van der Waals surface area contributed by atoms with Crippen LogP contribution in [0, 0.1) is 6.57 Å². The van der Waals surface area contributed by atoms with Crippen molar-refractivity contribution in [2.45, 2.75) is 13.1 Å². The van der Waals surface area contributed by atoms with E-state index in [2.05, 4.69) is 180 Å². The summed E-state index contributed by atoms with van der Waals surface area (Å²) in [6.45, 7) is 8.86. The smallest absolute Gasteiger partial charge is 0.248 e. The molecular weight excluding hydrogens is 1190 g/mol. The molecule has 252 valence electrons. The molecule has 4 aromatic carbocycles. The van der Waals surface area contributed by atoms with Crippen molar-refractivity contribution in [2.75, 3.05) is 0 Å². The Balaban J connectivity index is 0.000000173. The van der Waals surface area contributed by atoms with E-state index in [0.29, 0.717) is 24.5 Å². The van der Waals surface area contributed by atoms with Crippen LogP contribution in [0.15, 0.2) is 146 Å². The summed E-state index contributed by atoms with van der Waals surface area (Å²) in [4.78, 5) is 15.0. The SMILES string of the molecule is II.I[I-]I.NC(=O)c1ccc2cc3n(Cc4ccccc4)cccc-3c2c1.[C-]#[N+]c1ccc2cc3n(Cc4ccccc4)cccc-3c2c1. The van der Waals surface area contributed by atoms with Gasteiger partial charge in [0.05, 0.1) is 6.57 Å². The molecule has 0 atom stereocenters. The molecule has 4 aromatic rings. The van der Waals surface area contributed by atoms with E-state index >= 15 is 0 Å². The molecule has 50 heavy (non-hydrogen) atoms. The molecule has 0 saturated heterocycles. The predicted octanol–water partition coefficient (Wildman–Crippen LogP) is 9.79. The van der Waals surface area contributed by atoms with E-state index in [1.54, 1.807) is 6.07 Å². The van der Waals surface area contributed by atoms with Crippen molar-refractivity contribution in [1.29, 1.82) is 0 Å². The first-order chi connectivity index (χ1) is 24.5. The summed E-state index contributed by atoms with van der Waals surface area (Å²) < 4.78 is 4.50. The second-order valence-corrected chi connectivity index (χ2v) is 27.5. The van der Waals surface area contributed by atoms with Crippen molar-refractivity contribution in [3.63, 3.8) is 0 Å². The molecule has 0 aromatic heterocycles. The number of hydrogen-bond acceptors (Lipinski definition) is 1. The van der Waals surface area contributed by atoms with E-state index < -0.39 is 5.91 Å². The number of carbonyl (C=O) groups excluding carboxylic acids is 1. The minimum atomic E-state index is -0.394. The Morgan fingerprint density at radius 3 is 1.56 bits per heavy atom. The monoisotopic (exact) mass is 1220 g/mol. The first-order valence-corrected chi connectivity index (χ1v) is 34.1. The maximum Gasteiger partial charge on any atom is 0.248 e. The minimum absolute atomic E-state index is 0.394. The molecule has 5 nitrogen and oxygen atoms in total. The molecule has 0 unspecified atom stereocenters. The maximum atomic E-state index is 11.4. The predicted molar refractivity (Wildman–Crippen MR) is 239 cm³/mol. The van der Waals surface area contributed by atoms with Crippen LogP contribution in [0.25, 0.3) is 48.9 Å². The zero-order valence-corrected chi connectivity index (χ0v) is 37.3. The standard InChI is InChI=1S/C20H16N2O.C20H14N2.I3.I2/c21-20(23)16-9-8-15-12-19-17(18(15)11-16)7-4-10-22(19)13-14-5-2-1-3-6-14;1-21-17-10-9-16-12-20-18(19(16)13-17)8-5-11-22(20)14-15-6-3-2-4-7-15;1-3-2;1-2/h1-12H,13H2,(H2,21,23);2-13H,14H2;;/q;;-1;. The molecule has 0 fully saturated rings. The molecule has 8 rings (SSSR count). The fraction of sp³-hybridized carbons (Fsp3) is 0.0500. The average Bonchev–Trinajstić information content (AvgIpc) is 3.73. The minimum Gasteiger partial charge on any atom is -0.366 e. The molecule has 0 saturated carbocycles. The Bertz CT molecular complexity index is 2290. The van der Waals surface area contributed by atoms with Gasteiger partial charge in [-0.25, -0.2) is 4.85 Å². The van der Waals surface area contributed by atoms with Gasteiger partial charge in [0.1, 0.15) is 0 Å². The van der Waals surface area contributed by atoms with Gasteiger partial charge in [0, 0.05) is 90.8 Å². The quantitative estimate of drug-likeness (QED) is 0.136. The number of carbonyl (C=O) groups is 1. The summed E-state index contributed by atoms with van der Waals surface area (Å²) in [5.41, 5.74) is 13.9. The van der Waals surface area contributed by atoms with Crippen molar-refractivity contribution < 1.29 is 18.0 Å². The second-order valence-electron chi connectivity index (χ2n) is 11.2. The van der Waals surface area contributed by atoms with Gasteiger partial charge in [0.25, 0.3) is 0 Å². The van der Waals surface area contributed by atoms with Crippen molar-refractivity contribution >= 4 is 108 Å². The number of amides is 1. The number of nitrogens with two attached hydrogens (primary N) is 1. The van der Waals surface area contributed by atoms with Crippen LogP contribution >= 0.6 is 74.5 Å². The van der Waals surface area contributed by atoms with E-state index in [1.807, 2.05) is 48.5 Å². The van der Waals surface area contributed by atoms with Gasteiger partial charge in [-0.1, -0.05) is 91.0 Å². The fourth-order valence-electron chi connectivity index (χ4n) is 6.08. The molecule has 0 spiro atoms. The average molecular weight is 1220 g/mol. The summed E-state index contributed by atoms with van der Waals surface area (Å²) in [5.74, 6) is -0.394. The molecule has 2 heterocycles. The maximum absolute atomic E-state index is 11.4. The third-order valence-electron chi connectivity index (χ3n) is 8.29. The van der Waals surface area contributed by atoms with E-state index in [4.69, 9.17) is 12.3 Å². The zero-order valence-electron chi connectivity index (χ0n) is 26.5. The Kier molecular flexibility index (Phi) is 15.0.